The Morgan fingerprint density at radius 3 is 2.23 bits per heavy atom. The number of hydrazone groups is 1. The molecule has 7 N–H and O–H groups in total. The maximum atomic E-state index is 12.8. The van der Waals surface area contributed by atoms with E-state index in [4.69, 9.17) is 17.3 Å². The van der Waals surface area contributed by atoms with E-state index in [1.165, 1.54) is 18.3 Å². The second-order valence-electron chi connectivity index (χ2n) is 6.57. The number of aldehydes is 1. The normalized spacial score (nSPS) is 14.7. The molecule has 0 spiro atoms. The Bertz CT molecular complexity index is 1010. The first-order valence-corrected chi connectivity index (χ1v) is 8.99. The van der Waals surface area contributed by atoms with E-state index in [1.54, 1.807) is 42.5 Å². The number of aliphatic carboxylic acids is 1. The van der Waals surface area contributed by atoms with Crippen LogP contribution in [0.25, 0.3) is 0 Å². The molecule has 2 atom stereocenters. The summed E-state index contributed by atoms with van der Waals surface area (Å²) in [4.78, 5) is 35.7. The van der Waals surface area contributed by atoms with E-state index in [2.05, 4.69) is 16.9 Å². The van der Waals surface area contributed by atoms with Gasteiger partial charge in [0.25, 0.3) is 0 Å². The highest BCUT2D eigenvalue weighted by atomic mass is 16.4. The fourth-order valence-electron chi connectivity index (χ4n) is 2.90. The summed E-state index contributed by atoms with van der Waals surface area (Å²) in [6.45, 7) is 0. The van der Waals surface area contributed by atoms with E-state index in [-0.39, 0.29) is 18.4 Å². The molecule has 0 saturated carbocycles. The highest BCUT2D eigenvalue weighted by molar-refractivity contribution is 6.10. The van der Waals surface area contributed by atoms with Crippen molar-refractivity contribution in [1.82, 2.24) is 0 Å². The zero-order chi connectivity index (χ0) is 22.2. The minimum atomic E-state index is -2.60. The molecule has 2 aromatic carbocycles. The van der Waals surface area contributed by atoms with Gasteiger partial charge in [-0.2, -0.15) is 5.10 Å². The third-order valence-electron chi connectivity index (χ3n) is 4.66. The molecule has 0 amide bonds. The van der Waals surface area contributed by atoms with E-state index in [0.717, 1.165) is 0 Å². The van der Waals surface area contributed by atoms with Gasteiger partial charge in [-0.25, -0.2) is 4.79 Å². The van der Waals surface area contributed by atoms with Gasteiger partial charge in [-0.1, -0.05) is 54.3 Å². The molecule has 0 radical (unpaired) electrons. The van der Waals surface area contributed by atoms with Crippen LogP contribution in [0.3, 0.4) is 0 Å². The quantitative estimate of drug-likeness (QED) is 0.124. The molecule has 0 fully saturated rings. The highest BCUT2D eigenvalue weighted by Crippen LogP contribution is 2.31. The fourth-order valence-corrected chi connectivity index (χ4v) is 2.90. The molecule has 0 aromatic heterocycles. The lowest BCUT2D eigenvalue weighted by Crippen LogP contribution is -2.71. The summed E-state index contributed by atoms with van der Waals surface area (Å²) < 4.78 is 0. The van der Waals surface area contributed by atoms with Gasteiger partial charge in [-0.3, -0.25) is 4.79 Å². The van der Waals surface area contributed by atoms with Crippen LogP contribution < -0.4 is 17.3 Å². The van der Waals surface area contributed by atoms with Gasteiger partial charge >= 0.3 is 5.97 Å². The van der Waals surface area contributed by atoms with Crippen molar-refractivity contribution < 1.29 is 19.5 Å². The van der Waals surface area contributed by atoms with Crippen LogP contribution in [0, 0.1) is 11.8 Å². The molecule has 8 heteroatoms. The predicted octanol–water partition coefficient (Wildman–Crippen LogP) is 0.515. The number of carbonyl (C=O) groups excluding carboxylic acids is 2. The zero-order valence-electron chi connectivity index (χ0n) is 16.1. The van der Waals surface area contributed by atoms with Crippen molar-refractivity contribution in [2.75, 3.05) is 0 Å². The van der Waals surface area contributed by atoms with Crippen LogP contribution in [0.4, 0.5) is 0 Å². The average Bonchev–Trinajstić information content (AvgIpc) is 2.76. The second kappa shape index (κ2) is 9.60. The Balaban J connectivity index is 2.70. The Labute approximate surface area is 173 Å². The molecule has 0 saturated heterocycles. The van der Waals surface area contributed by atoms with E-state index >= 15 is 0 Å². The second-order valence-corrected chi connectivity index (χ2v) is 6.57. The lowest BCUT2D eigenvalue weighted by molar-refractivity contribution is -0.151. The molecular weight excluding hydrogens is 384 g/mol. The molecule has 0 aliphatic rings. The van der Waals surface area contributed by atoms with Crippen molar-refractivity contribution in [3.05, 3.63) is 71.3 Å². The van der Waals surface area contributed by atoms with Gasteiger partial charge in [0.15, 0.2) is 5.78 Å². The van der Waals surface area contributed by atoms with E-state index < -0.39 is 22.8 Å². The number of Topliss-reactive ketones (excluding diaryl/α,β-unsaturated/α-hetero) is 1. The lowest BCUT2D eigenvalue weighted by atomic mass is 9.70. The average molecular weight is 406 g/mol. The smallest absolute Gasteiger partial charge is 0.334 e. The molecule has 2 aromatic rings. The van der Waals surface area contributed by atoms with Gasteiger partial charge < -0.3 is 27.2 Å². The standard InChI is InChI=1S/C22H22N4O4/c23-21(13-12-16-5-2-1-3-6-16,18-10-8-17(9-11-18)15-26-25)22(24,20(29)30)19(28)7-4-14-27/h1-3,5-6,8-11,14-15H,4,7,23-25H2,(H,29,30). The van der Waals surface area contributed by atoms with Gasteiger partial charge in [0.2, 0.25) is 5.54 Å². The molecule has 154 valence electrons. The Morgan fingerprint density at radius 2 is 1.70 bits per heavy atom. The lowest BCUT2D eigenvalue weighted by Gasteiger charge is -2.38. The summed E-state index contributed by atoms with van der Waals surface area (Å²) in [6, 6.07) is 14.9. The SMILES string of the molecule is NN=Cc1ccc(C(N)(C#Cc2ccccc2)C(N)(C(=O)O)C(=O)CCC=O)cc1. The van der Waals surface area contributed by atoms with Crippen LogP contribution in [0.15, 0.2) is 59.7 Å². The van der Waals surface area contributed by atoms with Crippen LogP contribution in [-0.4, -0.2) is 34.9 Å². The van der Waals surface area contributed by atoms with Crippen LogP contribution in [-0.2, 0) is 19.9 Å². The van der Waals surface area contributed by atoms with Crippen LogP contribution in [0.5, 0.6) is 0 Å². The summed E-state index contributed by atoms with van der Waals surface area (Å²) in [6.07, 6.45) is 1.34. The van der Waals surface area contributed by atoms with Crippen molar-refractivity contribution in [2.45, 2.75) is 23.9 Å². The topological polar surface area (TPSA) is 162 Å². The van der Waals surface area contributed by atoms with Crippen molar-refractivity contribution in [3.63, 3.8) is 0 Å². The third-order valence-corrected chi connectivity index (χ3v) is 4.66. The number of nitrogens with zero attached hydrogens (tertiary/aromatic N) is 1. The number of carboxylic acid groups (broad SMARTS) is 1. The first-order chi connectivity index (χ1) is 14.3. The first kappa shape index (κ1) is 22.5. The molecule has 0 aliphatic carbocycles. The number of rotatable bonds is 8. The summed E-state index contributed by atoms with van der Waals surface area (Å²) in [5.74, 6) is 8.12. The predicted molar refractivity (Wildman–Crippen MR) is 112 cm³/mol. The largest absolute Gasteiger partial charge is 0.479 e. The molecule has 8 nitrogen and oxygen atoms in total. The molecule has 0 bridgehead atoms. The summed E-state index contributed by atoms with van der Waals surface area (Å²) >= 11 is 0. The van der Waals surface area contributed by atoms with Gasteiger partial charge in [0.05, 0.1) is 6.21 Å². The summed E-state index contributed by atoms with van der Waals surface area (Å²) in [5.41, 5.74) is 9.37. The number of carbonyl (C=O) groups is 3. The van der Waals surface area contributed by atoms with Gasteiger partial charge in [0, 0.05) is 18.4 Å². The van der Waals surface area contributed by atoms with E-state index in [9.17, 15) is 19.5 Å². The van der Waals surface area contributed by atoms with Gasteiger partial charge in [-0.15, -0.1) is 0 Å². The number of ketones is 1. The molecule has 0 aliphatic heterocycles. The van der Waals surface area contributed by atoms with Crippen molar-refractivity contribution >= 4 is 24.3 Å². The minimum absolute atomic E-state index is 0.181. The number of hydrogen-bond donors (Lipinski definition) is 4. The van der Waals surface area contributed by atoms with Crippen molar-refractivity contribution in [3.8, 4) is 11.8 Å². The van der Waals surface area contributed by atoms with Crippen molar-refractivity contribution in [1.29, 1.82) is 0 Å². The van der Waals surface area contributed by atoms with Crippen LogP contribution in [0.2, 0.25) is 0 Å². The molecular formula is C22H22N4O4. The number of nitrogens with two attached hydrogens (primary N) is 3. The Kier molecular flexibility index (Phi) is 7.20. The minimum Gasteiger partial charge on any atom is -0.479 e. The van der Waals surface area contributed by atoms with Gasteiger partial charge in [-0.05, 0) is 23.3 Å². The van der Waals surface area contributed by atoms with Gasteiger partial charge in [0.1, 0.15) is 11.8 Å². The number of carboxylic acids is 1. The van der Waals surface area contributed by atoms with E-state index in [0.29, 0.717) is 17.4 Å². The molecule has 2 rings (SSSR count). The molecule has 0 heterocycles. The molecule has 2 unspecified atom stereocenters. The number of benzene rings is 2. The Hall–Kier alpha value is -3.80. The monoisotopic (exact) mass is 406 g/mol. The third kappa shape index (κ3) is 4.43. The van der Waals surface area contributed by atoms with Crippen LogP contribution >= 0.6 is 0 Å². The summed E-state index contributed by atoms with van der Waals surface area (Å²) in [5, 5.41) is 13.3. The Morgan fingerprint density at radius 1 is 1.07 bits per heavy atom. The van der Waals surface area contributed by atoms with Crippen molar-refractivity contribution in [2.24, 2.45) is 22.4 Å². The molecule has 30 heavy (non-hydrogen) atoms. The fraction of sp³-hybridized carbons (Fsp3) is 0.182. The first-order valence-electron chi connectivity index (χ1n) is 8.99. The zero-order valence-corrected chi connectivity index (χ0v) is 16.1. The highest BCUT2D eigenvalue weighted by Gasteiger charge is 2.57. The van der Waals surface area contributed by atoms with Crippen LogP contribution in [0.1, 0.15) is 29.5 Å². The maximum absolute atomic E-state index is 12.8. The summed E-state index contributed by atoms with van der Waals surface area (Å²) in [7, 11) is 0. The maximum Gasteiger partial charge on any atom is 0.334 e. The number of hydrogen-bond acceptors (Lipinski definition) is 7. The van der Waals surface area contributed by atoms with E-state index in [1.807, 2.05) is 0 Å².